The summed E-state index contributed by atoms with van der Waals surface area (Å²) in [5, 5.41) is 0. The lowest BCUT2D eigenvalue weighted by Crippen LogP contribution is -2.25. The maximum absolute atomic E-state index is 8.21. The van der Waals surface area contributed by atoms with E-state index in [0.717, 1.165) is 92.1 Å². The van der Waals surface area contributed by atoms with Crippen LogP contribution in [0.5, 0.6) is 23.0 Å². The Labute approximate surface area is 450 Å². The fourth-order valence-electron chi connectivity index (χ4n) is 10.9. The molecule has 0 aliphatic carbocycles. The van der Waals surface area contributed by atoms with Crippen LogP contribution >= 0.6 is 0 Å². The molecule has 0 radical (unpaired) electrons. The van der Waals surface area contributed by atoms with Gasteiger partial charge in [-0.25, -0.2) is 0 Å². The lowest BCUT2D eigenvalue weighted by molar-refractivity contribution is 0.482. The van der Waals surface area contributed by atoms with Gasteiger partial charge < -0.3 is 58.5 Å². The van der Waals surface area contributed by atoms with Crippen molar-refractivity contribution in [1.82, 2.24) is 0 Å². The second-order valence-electron chi connectivity index (χ2n) is 20.1. The van der Waals surface area contributed by atoms with Crippen LogP contribution in [0.15, 0.2) is 206 Å². The highest BCUT2D eigenvalue weighted by molar-refractivity contribution is 5.91. The van der Waals surface area contributed by atoms with Crippen molar-refractivity contribution in [1.29, 1.82) is 0 Å². The van der Waals surface area contributed by atoms with Crippen molar-refractivity contribution in [3.05, 3.63) is 206 Å². The van der Waals surface area contributed by atoms with Gasteiger partial charge in [-0.3, -0.25) is 0 Å². The Balaban J connectivity index is 0.750. The highest BCUT2D eigenvalue weighted by atomic mass is 16.5. The number of hydrogen-bond acceptors (Lipinski definition) is 12. The predicted molar refractivity (Wildman–Crippen MR) is 316 cm³/mol. The highest BCUT2D eigenvalue weighted by Crippen LogP contribution is 2.50. The van der Waals surface area contributed by atoms with Crippen molar-refractivity contribution >= 4 is 91.0 Å². The quantitative estimate of drug-likeness (QED) is 0.117. The highest BCUT2D eigenvalue weighted by Gasteiger charge is 2.32. The van der Waals surface area contributed by atoms with Gasteiger partial charge in [-0.2, -0.15) is 0 Å². The van der Waals surface area contributed by atoms with Gasteiger partial charge in [0.25, 0.3) is 0 Å². The van der Waals surface area contributed by atoms with Crippen LogP contribution in [0.25, 0.3) is 0 Å². The summed E-state index contributed by atoms with van der Waals surface area (Å²) in [4.78, 5) is 21.7. The molecule has 4 aliphatic heterocycles. The molecule has 12 nitrogen and oxygen atoms in total. The minimum Gasteiger partial charge on any atom is -0.457 e. The number of para-hydroxylation sites is 8. The summed E-state index contributed by atoms with van der Waals surface area (Å²) in [6, 6.07) is 71.2. The Morgan fingerprint density at radius 2 is 0.645 bits per heavy atom. The molecular formula is C64H60N10O2. The van der Waals surface area contributed by atoms with Gasteiger partial charge in [-0.1, -0.05) is 60.7 Å². The molecule has 0 amide bonds. The molecule has 4 heterocycles. The first kappa shape index (κ1) is 43.0. The Morgan fingerprint density at radius 1 is 0.316 bits per heavy atom. The van der Waals surface area contributed by atoms with Crippen molar-refractivity contribution in [2.24, 2.45) is 0 Å². The van der Waals surface area contributed by atoms with E-state index in [1.807, 2.05) is 79.7 Å². The van der Waals surface area contributed by atoms with E-state index in [1.54, 1.807) is 0 Å². The van der Waals surface area contributed by atoms with Crippen LogP contribution in [-0.2, 0) is 0 Å². The van der Waals surface area contributed by atoms with E-state index in [2.05, 4.69) is 206 Å². The van der Waals surface area contributed by atoms with Crippen molar-refractivity contribution in [3.8, 4) is 23.0 Å². The molecule has 0 saturated heterocycles. The third-order valence-electron chi connectivity index (χ3n) is 14.8. The van der Waals surface area contributed by atoms with Crippen molar-refractivity contribution < 1.29 is 13.6 Å². The molecule has 0 spiro atoms. The number of nitrogens with zero attached hydrogens (tertiary/aromatic N) is 10. The molecule has 0 unspecified atom stereocenters. The molecule has 13 rings (SSSR count). The van der Waals surface area contributed by atoms with Crippen LogP contribution in [0, 0.1) is 0 Å². The molecule has 0 aromatic heterocycles. The standard InChI is InChI=1S/C64H60N10O2/c1-65(2)49-33-51(39-55(37-49)75-53-19-15-17-47(35-53)69-41-67(5)57-21-7-9-23-59(57)69)73-43-71(61-25-11-13-27-63(61)73)45-29-31-46(32-30-45)72-44-74(64-28-14-12-26-62(64)72)52-34-50(66(3)4)38-56(40-52)76-54-20-16-18-48(36-54)70-42-68(6)58-22-8-10-24-60(58)70/h7-40H,41-44H2,1-6H3/i5D3. The fraction of sp³-hybridized carbons (Fsp3) is 0.156. The summed E-state index contributed by atoms with van der Waals surface area (Å²) in [5.41, 5.74) is 16.5. The summed E-state index contributed by atoms with van der Waals surface area (Å²) in [6.45, 7) is -0.121. The van der Waals surface area contributed by atoms with E-state index in [4.69, 9.17) is 13.6 Å². The molecule has 0 atom stereocenters. The largest absolute Gasteiger partial charge is 0.457 e. The van der Waals surface area contributed by atoms with E-state index in [0.29, 0.717) is 30.5 Å². The minimum atomic E-state index is -2.28. The van der Waals surface area contributed by atoms with Gasteiger partial charge in [0.1, 0.15) is 36.3 Å². The number of benzene rings is 9. The Bertz CT molecular complexity index is 3760. The van der Waals surface area contributed by atoms with Crippen molar-refractivity contribution in [2.45, 2.75) is 0 Å². The topological polar surface area (TPSA) is 50.9 Å². The first-order valence-corrected chi connectivity index (χ1v) is 25.6. The molecule has 12 heteroatoms. The van der Waals surface area contributed by atoms with Gasteiger partial charge in [0.05, 0.1) is 58.8 Å². The van der Waals surface area contributed by atoms with Crippen molar-refractivity contribution in [2.75, 3.05) is 118 Å². The van der Waals surface area contributed by atoms with Gasteiger partial charge >= 0.3 is 0 Å². The molecule has 9 aromatic rings. The number of fused-ring (bicyclic) bond motifs is 4. The van der Waals surface area contributed by atoms with Crippen LogP contribution in [-0.4, -0.2) is 68.9 Å². The van der Waals surface area contributed by atoms with Gasteiger partial charge in [0, 0.05) is 128 Å². The second-order valence-corrected chi connectivity index (χ2v) is 20.1. The van der Waals surface area contributed by atoms with E-state index < -0.39 is 6.98 Å². The molecule has 4 aliphatic rings. The Morgan fingerprint density at radius 3 is 1.04 bits per heavy atom. The van der Waals surface area contributed by atoms with Gasteiger partial charge in [-0.15, -0.1) is 0 Å². The summed E-state index contributed by atoms with van der Waals surface area (Å²) in [7, 11) is 10.3. The molecular weight excluding hydrogens is 941 g/mol. The van der Waals surface area contributed by atoms with Gasteiger partial charge in [-0.05, 0) is 109 Å². The van der Waals surface area contributed by atoms with Crippen LogP contribution in [0.3, 0.4) is 0 Å². The number of rotatable bonds is 12. The average Bonchev–Trinajstić information content (AvgIpc) is 4.30. The molecule has 0 fully saturated rings. The summed E-state index contributed by atoms with van der Waals surface area (Å²) >= 11 is 0. The Kier molecular flexibility index (Phi) is 10.6. The monoisotopic (exact) mass is 1000 g/mol. The Hall–Kier alpha value is -9.42. The number of hydrogen-bond donors (Lipinski definition) is 0. The van der Waals surface area contributed by atoms with E-state index >= 15 is 0 Å². The minimum absolute atomic E-state index is 0.201. The molecule has 76 heavy (non-hydrogen) atoms. The first-order chi connectivity index (χ1) is 38.3. The van der Waals surface area contributed by atoms with Crippen LogP contribution in [0.2, 0.25) is 0 Å². The maximum Gasteiger partial charge on any atom is 0.131 e. The summed E-state index contributed by atoms with van der Waals surface area (Å²) in [6.07, 6.45) is 0. The molecule has 9 aromatic carbocycles. The molecule has 0 bridgehead atoms. The molecule has 0 saturated carbocycles. The predicted octanol–water partition coefficient (Wildman–Crippen LogP) is 15.0. The molecule has 0 N–H and O–H groups in total. The maximum atomic E-state index is 8.21. The van der Waals surface area contributed by atoms with Crippen LogP contribution in [0.1, 0.15) is 4.11 Å². The van der Waals surface area contributed by atoms with Gasteiger partial charge in [0.15, 0.2) is 0 Å². The van der Waals surface area contributed by atoms with Crippen LogP contribution < -0.4 is 58.5 Å². The zero-order valence-corrected chi connectivity index (χ0v) is 43.2. The third-order valence-corrected chi connectivity index (χ3v) is 14.8. The molecule has 378 valence electrons. The smallest absolute Gasteiger partial charge is 0.131 e. The number of anilines is 16. The fourth-order valence-corrected chi connectivity index (χ4v) is 10.9. The zero-order valence-electron chi connectivity index (χ0n) is 46.2. The van der Waals surface area contributed by atoms with E-state index in [-0.39, 0.29) is 6.67 Å². The first-order valence-electron chi connectivity index (χ1n) is 27.1. The lowest BCUT2D eigenvalue weighted by atomic mass is 10.2. The third kappa shape index (κ3) is 8.37. The number of ether oxygens (including phenoxy) is 2. The van der Waals surface area contributed by atoms with Crippen LogP contribution in [0.4, 0.5) is 91.0 Å². The lowest BCUT2D eigenvalue weighted by Gasteiger charge is -2.26. The van der Waals surface area contributed by atoms with Gasteiger partial charge in [0.2, 0.25) is 0 Å². The van der Waals surface area contributed by atoms with Crippen molar-refractivity contribution in [3.63, 3.8) is 0 Å². The van der Waals surface area contributed by atoms with E-state index in [1.165, 1.54) is 16.3 Å². The second kappa shape index (κ2) is 18.8. The summed E-state index contributed by atoms with van der Waals surface area (Å²) < 4.78 is 38.1. The normalized spacial score (nSPS) is 15.0. The zero-order chi connectivity index (χ0) is 54.1. The average molecular weight is 1000 g/mol. The van der Waals surface area contributed by atoms with E-state index in [9.17, 15) is 0 Å². The SMILES string of the molecule is [2H]C([2H])([2H])N1CN(c2cccc(Oc3cc(N(C)C)cc(N4CN(c5ccc(N6CN(c7cc(Oc8cccc(N9CN(C)c%10ccccc%109)c8)cc(N(C)C)c7)c7ccccc76)cc5)c5ccccc54)c3)c2)c2ccccc21. The summed E-state index contributed by atoms with van der Waals surface area (Å²) in [5.74, 6) is 2.87.